The summed E-state index contributed by atoms with van der Waals surface area (Å²) in [6.45, 7) is 5.67. The molecule has 2 aromatic heterocycles. The number of hydrogen-bond acceptors (Lipinski definition) is 6. The lowest BCUT2D eigenvalue weighted by molar-refractivity contribution is -0.136. The summed E-state index contributed by atoms with van der Waals surface area (Å²) in [4.78, 5) is 21.5. The van der Waals surface area contributed by atoms with Crippen molar-refractivity contribution in [2.75, 3.05) is 29.3 Å². The quantitative estimate of drug-likeness (QED) is 0.403. The Morgan fingerprint density at radius 3 is 2.64 bits per heavy atom. The molecule has 0 bridgehead atoms. The molecular formula is C25H26FN5O3S2. The van der Waals surface area contributed by atoms with Gasteiger partial charge >= 0.3 is 0 Å². The molecular weight excluding hydrogens is 501 g/mol. The maximum absolute atomic E-state index is 13.6. The third-order valence-electron chi connectivity index (χ3n) is 6.53. The van der Waals surface area contributed by atoms with Crippen LogP contribution in [0.15, 0.2) is 71.2 Å². The van der Waals surface area contributed by atoms with Crippen molar-refractivity contribution in [1.29, 1.82) is 0 Å². The molecule has 1 aliphatic rings. The van der Waals surface area contributed by atoms with Gasteiger partial charge < -0.3 is 14.4 Å². The molecule has 8 nitrogen and oxygen atoms in total. The predicted octanol–water partition coefficient (Wildman–Crippen LogP) is 4.34. The van der Waals surface area contributed by atoms with Gasteiger partial charge in [-0.05, 0) is 62.4 Å². The number of rotatable bonds is 6. The van der Waals surface area contributed by atoms with Gasteiger partial charge in [-0.15, -0.1) is 11.3 Å². The number of aromatic nitrogens is 2. The summed E-state index contributed by atoms with van der Waals surface area (Å²) >= 11 is 1.22. The van der Waals surface area contributed by atoms with Crippen molar-refractivity contribution >= 4 is 49.0 Å². The summed E-state index contributed by atoms with van der Waals surface area (Å²) in [6.07, 6.45) is 3.37. The van der Waals surface area contributed by atoms with Crippen molar-refractivity contribution in [3.05, 3.63) is 72.1 Å². The highest BCUT2D eigenvalue weighted by Gasteiger charge is 2.31. The molecule has 1 unspecified atom stereocenters. The maximum atomic E-state index is 13.6. The van der Waals surface area contributed by atoms with E-state index in [0.29, 0.717) is 24.8 Å². The van der Waals surface area contributed by atoms with Crippen LogP contribution in [-0.4, -0.2) is 54.5 Å². The van der Waals surface area contributed by atoms with Gasteiger partial charge in [-0.2, -0.15) is 0 Å². The average Bonchev–Trinajstić information content (AvgIpc) is 3.52. The highest BCUT2D eigenvalue weighted by molar-refractivity contribution is 7.93. The zero-order valence-corrected chi connectivity index (χ0v) is 21.5. The third-order valence-corrected chi connectivity index (χ3v) is 8.71. The first-order valence-electron chi connectivity index (χ1n) is 11.6. The Bertz CT molecular complexity index is 1490. The van der Waals surface area contributed by atoms with Gasteiger partial charge in [-0.1, -0.05) is 0 Å². The Morgan fingerprint density at radius 1 is 1.17 bits per heavy atom. The van der Waals surface area contributed by atoms with Gasteiger partial charge in [-0.3, -0.25) is 9.52 Å². The number of anilines is 2. The molecule has 0 aliphatic carbocycles. The van der Waals surface area contributed by atoms with Crippen molar-refractivity contribution in [2.24, 2.45) is 0 Å². The Morgan fingerprint density at radius 2 is 1.94 bits per heavy atom. The van der Waals surface area contributed by atoms with Gasteiger partial charge in [0.2, 0.25) is 5.91 Å². The number of carbonyl (C=O) groups excluding carboxylic acids is 1. The molecule has 1 N–H and O–H groups in total. The van der Waals surface area contributed by atoms with E-state index in [1.807, 2.05) is 35.6 Å². The molecule has 1 amide bonds. The number of halogens is 1. The van der Waals surface area contributed by atoms with Gasteiger partial charge in [0.05, 0.1) is 4.90 Å². The SMILES string of the molecule is CC(C(=O)N1CCN(c2ccc(S(=O)(=O)Nc3nccs3)cc2)C[C@H]1C)n1ccc2cc(F)ccc21. The Kier molecular flexibility index (Phi) is 6.44. The smallest absolute Gasteiger partial charge is 0.263 e. The van der Waals surface area contributed by atoms with Crippen molar-refractivity contribution in [1.82, 2.24) is 14.5 Å². The molecule has 0 spiro atoms. The first-order valence-corrected chi connectivity index (χ1v) is 13.9. The number of nitrogens with one attached hydrogen (secondary N) is 1. The maximum Gasteiger partial charge on any atom is 0.263 e. The number of hydrogen-bond donors (Lipinski definition) is 1. The van der Waals surface area contributed by atoms with Gasteiger partial charge in [0.15, 0.2) is 5.13 Å². The van der Waals surface area contributed by atoms with Crippen LogP contribution in [0, 0.1) is 5.82 Å². The topological polar surface area (TPSA) is 87.5 Å². The first kappa shape index (κ1) is 24.3. The van der Waals surface area contributed by atoms with Crippen LogP contribution in [0.25, 0.3) is 10.9 Å². The van der Waals surface area contributed by atoms with Crippen LogP contribution in [-0.2, 0) is 14.8 Å². The molecule has 5 rings (SSSR count). The molecule has 2 atom stereocenters. The van der Waals surface area contributed by atoms with Crippen molar-refractivity contribution in [3.8, 4) is 0 Å². The summed E-state index contributed by atoms with van der Waals surface area (Å²) < 4.78 is 43.1. The number of fused-ring (bicyclic) bond motifs is 1. The van der Waals surface area contributed by atoms with Crippen LogP contribution >= 0.6 is 11.3 Å². The van der Waals surface area contributed by atoms with Crippen molar-refractivity contribution < 1.29 is 17.6 Å². The standard InChI is InChI=1S/C25H26FN5O3S2/c1-17-16-29(21-4-6-22(7-5-21)36(33,34)28-25-27-10-14-35-25)12-13-30(17)24(32)18(2)31-11-9-19-15-20(26)3-8-23(19)31/h3-11,14-15,17-18H,12-13,16H2,1-2H3,(H,27,28)/t17-,18?/m1/s1. The molecule has 1 aliphatic heterocycles. The molecule has 0 saturated carbocycles. The summed E-state index contributed by atoms with van der Waals surface area (Å²) in [7, 11) is -3.71. The Balaban J connectivity index is 1.25. The number of amides is 1. The van der Waals surface area contributed by atoms with Gasteiger partial charge in [-0.25, -0.2) is 17.8 Å². The highest BCUT2D eigenvalue weighted by Crippen LogP contribution is 2.26. The summed E-state index contributed by atoms with van der Waals surface area (Å²) in [5.74, 6) is -0.288. The van der Waals surface area contributed by atoms with Gasteiger partial charge in [0.25, 0.3) is 10.0 Å². The third kappa shape index (κ3) is 4.68. The number of piperazine rings is 1. The van der Waals surface area contributed by atoms with E-state index in [1.54, 1.807) is 41.9 Å². The van der Waals surface area contributed by atoms with Crippen LogP contribution in [0.1, 0.15) is 19.9 Å². The van der Waals surface area contributed by atoms with Crippen LogP contribution in [0.4, 0.5) is 15.2 Å². The van der Waals surface area contributed by atoms with E-state index in [-0.39, 0.29) is 22.7 Å². The molecule has 3 heterocycles. The lowest BCUT2D eigenvalue weighted by Gasteiger charge is -2.42. The minimum Gasteiger partial charge on any atom is -0.368 e. The fourth-order valence-corrected chi connectivity index (χ4v) is 6.42. The molecule has 2 aromatic carbocycles. The number of benzene rings is 2. The lowest BCUT2D eigenvalue weighted by atomic mass is 10.1. The summed E-state index contributed by atoms with van der Waals surface area (Å²) in [6, 6.07) is 12.7. The first-order chi connectivity index (χ1) is 17.2. The largest absolute Gasteiger partial charge is 0.368 e. The van der Waals surface area contributed by atoms with E-state index in [2.05, 4.69) is 14.6 Å². The fourth-order valence-electron chi connectivity index (χ4n) is 4.63. The summed E-state index contributed by atoms with van der Waals surface area (Å²) in [5, 5.41) is 2.79. The number of nitrogens with zero attached hydrogens (tertiary/aromatic N) is 4. The zero-order valence-electron chi connectivity index (χ0n) is 19.8. The van der Waals surface area contributed by atoms with Crippen LogP contribution < -0.4 is 9.62 Å². The molecule has 188 valence electrons. The average molecular weight is 528 g/mol. The van der Waals surface area contributed by atoms with E-state index in [1.165, 1.54) is 23.5 Å². The molecule has 0 radical (unpaired) electrons. The van der Waals surface area contributed by atoms with Gasteiger partial charge in [0.1, 0.15) is 11.9 Å². The monoisotopic (exact) mass is 527 g/mol. The number of carbonyl (C=O) groups is 1. The highest BCUT2D eigenvalue weighted by atomic mass is 32.2. The zero-order chi connectivity index (χ0) is 25.4. The second kappa shape index (κ2) is 9.55. The number of thiazole rings is 1. The van der Waals surface area contributed by atoms with Gasteiger partial charge in [0, 0.05) is 60.0 Å². The van der Waals surface area contributed by atoms with Crippen LogP contribution in [0.2, 0.25) is 0 Å². The minimum atomic E-state index is -3.71. The lowest BCUT2D eigenvalue weighted by Crippen LogP contribution is -2.55. The molecule has 36 heavy (non-hydrogen) atoms. The van der Waals surface area contributed by atoms with Crippen molar-refractivity contribution in [2.45, 2.75) is 30.8 Å². The van der Waals surface area contributed by atoms with Crippen LogP contribution in [0.5, 0.6) is 0 Å². The normalized spacial score (nSPS) is 17.4. The Hall–Kier alpha value is -3.44. The summed E-state index contributed by atoms with van der Waals surface area (Å²) in [5.41, 5.74) is 1.72. The molecule has 1 saturated heterocycles. The second-order valence-electron chi connectivity index (χ2n) is 8.87. The van der Waals surface area contributed by atoms with E-state index < -0.39 is 16.1 Å². The van der Waals surface area contributed by atoms with Crippen LogP contribution in [0.3, 0.4) is 0 Å². The second-order valence-corrected chi connectivity index (χ2v) is 11.4. The predicted molar refractivity (Wildman–Crippen MR) is 139 cm³/mol. The Labute approximate surface area is 213 Å². The fraction of sp³-hybridized carbons (Fsp3) is 0.280. The molecule has 11 heteroatoms. The minimum absolute atomic E-state index is 0.0127. The van der Waals surface area contributed by atoms with E-state index >= 15 is 0 Å². The van der Waals surface area contributed by atoms with Crippen molar-refractivity contribution in [3.63, 3.8) is 0 Å². The molecule has 4 aromatic rings. The van der Waals surface area contributed by atoms with E-state index in [9.17, 15) is 17.6 Å². The number of sulfonamides is 1. The molecule has 1 fully saturated rings. The van der Waals surface area contributed by atoms with E-state index in [0.717, 1.165) is 16.6 Å². The van der Waals surface area contributed by atoms with E-state index in [4.69, 9.17) is 0 Å².